The zero-order chi connectivity index (χ0) is 27.7. The fourth-order valence-electron chi connectivity index (χ4n) is 5.06. The third-order valence-electron chi connectivity index (χ3n) is 7.13. The van der Waals surface area contributed by atoms with Crippen molar-refractivity contribution in [3.63, 3.8) is 0 Å². The smallest absolute Gasteiger partial charge is 0.408 e. The number of carbonyl (C=O) groups excluding carboxylic acids is 4. The second-order valence-corrected chi connectivity index (χ2v) is 11.2. The molecule has 38 heavy (non-hydrogen) atoms. The van der Waals surface area contributed by atoms with Gasteiger partial charge < -0.3 is 15.4 Å². The number of ketones is 1. The van der Waals surface area contributed by atoms with Gasteiger partial charge in [0.1, 0.15) is 17.2 Å². The summed E-state index contributed by atoms with van der Waals surface area (Å²) in [5, 5.41) is 6.58. The van der Waals surface area contributed by atoms with Crippen LogP contribution in [0.15, 0.2) is 42.5 Å². The number of nitrogens with one attached hydrogen (secondary N) is 2. The number of alkyl carbamates (subject to hydrolysis) is 1. The van der Waals surface area contributed by atoms with E-state index in [1.165, 1.54) is 0 Å². The summed E-state index contributed by atoms with van der Waals surface area (Å²) in [5.41, 5.74) is 2.06. The van der Waals surface area contributed by atoms with Crippen LogP contribution < -0.4 is 16.5 Å². The molecule has 2 aromatic rings. The zero-order valence-electron chi connectivity index (χ0n) is 22.4. The highest BCUT2D eigenvalue weighted by Gasteiger charge is 2.45. The van der Waals surface area contributed by atoms with Gasteiger partial charge in [0, 0.05) is 11.3 Å². The maximum Gasteiger partial charge on any atom is 0.408 e. The summed E-state index contributed by atoms with van der Waals surface area (Å²) >= 11 is 0. The Balaban J connectivity index is 1.47. The van der Waals surface area contributed by atoms with E-state index in [2.05, 4.69) is 10.6 Å². The van der Waals surface area contributed by atoms with Crippen LogP contribution in [-0.2, 0) is 20.7 Å². The van der Waals surface area contributed by atoms with Gasteiger partial charge in [-0.2, -0.15) is 0 Å². The minimum Gasteiger partial charge on any atom is -0.444 e. The molecule has 0 saturated heterocycles. The van der Waals surface area contributed by atoms with Gasteiger partial charge in [0.25, 0.3) is 5.91 Å². The maximum absolute atomic E-state index is 13.6. The topological polar surface area (TPSA) is 131 Å². The predicted molar refractivity (Wildman–Crippen MR) is 144 cm³/mol. The quantitative estimate of drug-likeness (QED) is 0.225. The fraction of sp³-hybridized carbons (Fsp3) is 0.448. The molecule has 1 saturated carbocycles. The lowest BCUT2D eigenvalue weighted by Gasteiger charge is -2.40. The van der Waals surface area contributed by atoms with Crippen LogP contribution in [0.5, 0.6) is 0 Å². The Kier molecular flexibility index (Phi) is 7.60. The highest BCUT2D eigenvalue weighted by Crippen LogP contribution is 2.32. The molecule has 0 bridgehead atoms. The van der Waals surface area contributed by atoms with E-state index in [9.17, 15) is 19.2 Å². The minimum absolute atomic E-state index is 0.0238. The molecule has 202 valence electrons. The van der Waals surface area contributed by atoms with Crippen molar-refractivity contribution in [2.75, 3.05) is 5.32 Å². The second kappa shape index (κ2) is 10.6. The van der Waals surface area contributed by atoms with E-state index < -0.39 is 29.2 Å². The SMILES string of the molecule is CC(C(=O)c1ccc(-c2ccc3c(c2)NC(=O)C3)cc1)N(N)C(=O)C1(NC(=O)OC(C)(C)C)CCCCC1. The van der Waals surface area contributed by atoms with Crippen molar-refractivity contribution < 1.29 is 23.9 Å². The molecule has 1 unspecified atom stereocenters. The Morgan fingerprint density at radius 1 is 1.03 bits per heavy atom. The third-order valence-corrected chi connectivity index (χ3v) is 7.13. The van der Waals surface area contributed by atoms with E-state index in [-0.39, 0.29) is 11.7 Å². The molecule has 1 heterocycles. The Labute approximate surface area is 223 Å². The van der Waals surface area contributed by atoms with E-state index in [1.807, 2.05) is 30.3 Å². The highest BCUT2D eigenvalue weighted by molar-refractivity contribution is 6.03. The van der Waals surface area contributed by atoms with Gasteiger partial charge in [-0.1, -0.05) is 55.7 Å². The molecule has 2 aliphatic rings. The minimum atomic E-state index is -1.21. The average Bonchev–Trinajstić information content (AvgIpc) is 3.25. The Morgan fingerprint density at radius 2 is 1.66 bits per heavy atom. The first kappa shape index (κ1) is 27.3. The number of Topliss-reactive ketones (excluding diaryl/α,β-unsaturated/α-hetero) is 1. The molecule has 1 aliphatic carbocycles. The second-order valence-electron chi connectivity index (χ2n) is 11.2. The van der Waals surface area contributed by atoms with Crippen LogP contribution in [0.3, 0.4) is 0 Å². The number of anilines is 1. The number of nitrogens with zero attached hydrogens (tertiary/aromatic N) is 1. The summed E-state index contributed by atoms with van der Waals surface area (Å²) in [4.78, 5) is 51.1. The number of hydrogen-bond acceptors (Lipinski definition) is 6. The van der Waals surface area contributed by atoms with E-state index in [1.54, 1.807) is 39.8 Å². The van der Waals surface area contributed by atoms with Crippen molar-refractivity contribution in [1.82, 2.24) is 10.3 Å². The summed E-state index contributed by atoms with van der Waals surface area (Å²) in [6, 6.07) is 11.9. The van der Waals surface area contributed by atoms with E-state index in [0.717, 1.165) is 46.6 Å². The molecule has 0 aromatic heterocycles. The van der Waals surface area contributed by atoms with Gasteiger partial charge in [-0.25, -0.2) is 10.6 Å². The van der Waals surface area contributed by atoms with Crippen LogP contribution in [0.1, 0.15) is 75.7 Å². The normalized spacial score (nSPS) is 17.1. The zero-order valence-corrected chi connectivity index (χ0v) is 22.4. The van der Waals surface area contributed by atoms with Gasteiger partial charge in [-0.3, -0.25) is 19.4 Å². The number of fused-ring (bicyclic) bond motifs is 1. The largest absolute Gasteiger partial charge is 0.444 e. The summed E-state index contributed by atoms with van der Waals surface area (Å²) in [7, 11) is 0. The number of amides is 3. The maximum atomic E-state index is 13.6. The molecule has 1 atom stereocenters. The Hall–Kier alpha value is -3.72. The van der Waals surface area contributed by atoms with Crippen molar-refractivity contribution in [3.05, 3.63) is 53.6 Å². The van der Waals surface area contributed by atoms with Crippen molar-refractivity contribution in [2.24, 2.45) is 5.84 Å². The Bertz CT molecular complexity index is 1240. The third kappa shape index (κ3) is 5.88. The number of ether oxygens (including phenoxy) is 1. The van der Waals surface area contributed by atoms with Crippen LogP contribution >= 0.6 is 0 Å². The Morgan fingerprint density at radius 3 is 2.29 bits per heavy atom. The van der Waals surface area contributed by atoms with E-state index in [0.29, 0.717) is 24.8 Å². The standard InChI is InChI=1S/C29H36N4O5/c1-18(33(30)26(36)29(14-6-5-7-15-29)32-27(37)38-28(2,3)4)25(35)20-10-8-19(9-11-20)21-12-13-22-17-24(34)31-23(22)16-21/h8-13,16,18H,5-7,14-15,17,30H2,1-4H3,(H,31,34)(H,32,37). The summed E-state index contributed by atoms with van der Waals surface area (Å²) in [6.07, 6.45) is 3.01. The molecule has 9 nitrogen and oxygen atoms in total. The lowest BCUT2D eigenvalue weighted by atomic mass is 9.80. The van der Waals surface area contributed by atoms with Crippen LogP contribution in [-0.4, -0.2) is 45.9 Å². The predicted octanol–water partition coefficient (Wildman–Crippen LogP) is 4.35. The number of carbonyl (C=O) groups is 4. The molecular weight excluding hydrogens is 484 g/mol. The highest BCUT2D eigenvalue weighted by atomic mass is 16.6. The first-order chi connectivity index (χ1) is 17.9. The van der Waals surface area contributed by atoms with Crippen molar-refractivity contribution >= 4 is 29.4 Å². The lowest BCUT2D eigenvalue weighted by Crippen LogP contribution is -2.64. The molecular formula is C29H36N4O5. The van der Waals surface area contributed by atoms with Gasteiger partial charge in [-0.15, -0.1) is 0 Å². The van der Waals surface area contributed by atoms with Gasteiger partial charge in [0.05, 0.1) is 6.42 Å². The van der Waals surface area contributed by atoms with Gasteiger partial charge in [0.2, 0.25) is 5.91 Å². The molecule has 1 fully saturated rings. The molecule has 9 heteroatoms. The number of rotatable bonds is 6. The first-order valence-electron chi connectivity index (χ1n) is 13.1. The fourth-order valence-corrected chi connectivity index (χ4v) is 5.06. The van der Waals surface area contributed by atoms with Gasteiger partial charge in [0.15, 0.2) is 5.78 Å². The first-order valence-corrected chi connectivity index (χ1v) is 13.1. The summed E-state index contributed by atoms with van der Waals surface area (Å²) in [5.74, 6) is 5.41. The van der Waals surface area contributed by atoms with Gasteiger partial charge in [-0.05, 0) is 63.3 Å². The summed E-state index contributed by atoms with van der Waals surface area (Å²) < 4.78 is 5.40. The molecule has 2 aromatic carbocycles. The molecule has 4 N–H and O–H groups in total. The van der Waals surface area contributed by atoms with Crippen LogP contribution in [0, 0.1) is 0 Å². The molecule has 1 aliphatic heterocycles. The number of hydrazine groups is 1. The van der Waals surface area contributed by atoms with Crippen LogP contribution in [0.2, 0.25) is 0 Å². The van der Waals surface area contributed by atoms with E-state index in [4.69, 9.17) is 10.6 Å². The molecule has 0 radical (unpaired) electrons. The van der Waals surface area contributed by atoms with Crippen molar-refractivity contribution in [3.8, 4) is 11.1 Å². The summed E-state index contributed by atoms with van der Waals surface area (Å²) in [6.45, 7) is 6.85. The number of hydrogen-bond donors (Lipinski definition) is 3. The van der Waals surface area contributed by atoms with Crippen molar-refractivity contribution in [1.29, 1.82) is 0 Å². The average molecular weight is 521 g/mol. The molecule has 4 rings (SSSR count). The van der Waals surface area contributed by atoms with Crippen LogP contribution in [0.25, 0.3) is 11.1 Å². The molecule has 0 spiro atoms. The van der Waals surface area contributed by atoms with Crippen LogP contribution in [0.4, 0.5) is 10.5 Å². The van der Waals surface area contributed by atoms with Gasteiger partial charge >= 0.3 is 6.09 Å². The lowest BCUT2D eigenvalue weighted by molar-refractivity contribution is -0.141. The number of nitrogens with two attached hydrogens (primary N) is 1. The van der Waals surface area contributed by atoms with Crippen molar-refractivity contribution in [2.45, 2.75) is 83.4 Å². The molecule has 3 amide bonds. The number of benzene rings is 2. The monoisotopic (exact) mass is 520 g/mol. The van der Waals surface area contributed by atoms with E-state index >= 15 is 0 Å².